The normalized spacial score (nSPS) is 11.1. The van der Waals surface area contributed by atoms with Gasteiger partial charge >= 0.3 is 0 Å². The van der Waals surface area contributed by atoms with Crippen molar-refractivity contribution in [3.63, 3.8) is 0 Å². The standard InChI is InChI=1S/C10H9N5S/c1-15-8-4-12-3-2-6(8)13-9(15)7-5-16-10(11)14-7/h2-5H,1H3,(H2,11,14). The zero-order valence-corrected chi connectivity index (χ0v) is 9.40. The highest BCUT2D eigenvalue weighted by atomic mass is 32.1. The lowest BCUT2D eigenvalue weighted by atomic mass is 10.4. The summed E-state index contributed by atoms with van der Waals surface area (Å²) in [6.45, 7) is 0. The molecule has 0 radical (unpaired) electrons. The third kappa shape index (κ3) is 1.27. The number of aromatic nitrogens is 4. The first kappa shape index (κ1) is 9.29. The Morgan fingerprint density at radius 1 is 1.38 bits per heavy atom. The maximum Gasteiger partial charge on any atom is 0.180 e. The van der Waals surface area contributed by atoms with Crippen LogP contribution in [0.3, 0.4) is 0 Å². The van der Waals surface area contributed by atoms with Crippen LogP contribution in [0, 0.1) is 0 Å². The van der Waals surface area contributed by atoms with Gasteiger partial charge in [0.2, 0.25) is 0 Å². The van der Waals surface area contributed by atoms with Gasteiger partial charge in [-0.25, -0.2) is 9.97 Å². The van der Waals surface area contributed by atoms with Crippen LogP contribution in [0.4, 0.5) is 5.13 Å². The van der Waals surface area contributed by atoms with Gasteiger partial charge in [0, 0.05) is 18.6 Å². The third-order valence-corrected chi connectivity index (χ3v) is 3.11. The van der Waals surface area contributed by atoms with Crippen LogP contribution in [-0.2, 0) is 7.05 Å². The number of rotatable bonds is 1. The van der Waals surface area contributed by atoms with Gasteiger partial charge in [-0.1, -0.05) is 0 Å². The summed E-state index contributed by atoms with van der Waals surface area (Å²) in [5.74, 6) is 0.816. The molecule has 0 aromatic carbocycles. The average Bonchev–Trinajstić information content (AvgIpc) is 2.84. The first-order valence-electron chi connectivity index (χ1n) is 4.73. The van der Waals surface area contributed by atoms with E-state index in [1.165, 1.54) is 11.3 Å². The molecule has 3 aromatic heterocycles. The van der Waals surface area contributed by atoms with Gasteiger partial charge < -0.3 is 10.3 Å². The molecule has 6 heteroatoms. The summed E-state index contributed by atoms with van der Waals surface area (Å²) in [5, 5.41) is 2.46. The number of imidazole rings is 1. The molecule has 0 bridgehead atoms. The summed E-state index contributed by atoms with van der Waals surface area (Å²) in [6.07, 6.45) is 3.52. The highest BCUT2D eigenvalue weighted by Gasteiger charge is 2.11. The second kappa shape index (κ2) is 3.28. The maximum absolute atomic E-state index is 5.62. The molecule has 0 aliphatic rings. The quantitative estimate of drug-likeness (QED) is 0.691. The molecule has 0 fully saturated rings. The molecule has 0 spiro atoms. The molecular weight excluding hydrogens is 222 g/mol. The van der Waals surface area contributed by atoms with Crippen LogP contribution in [0.25, 0.3) is 22.6 Å². The largest absolute Gasteiger partial charge is 0.375 e. The first-order chi connectivity index (χ1) is 7.75. The van der Waals surface area contributed by atoms with E-state index in [0.29, 0.717) is 5.13 Å². The summed E-state index contributed by atoms with van der Waals surface area (Å²) < 4.78 is 1.97. The number of hydrogen-bond acceptors (Lipinski definition) is 5. The Morgan fingerprint density at radius 2 is 2.25 bits per heavy atom. The number of nitrogen functional groups attached to an aromatic ring is 1. The van der Waals surface area contributed by atoms with E-state index in [1.807, 2.05) is 23.1 Å². The molecule has 2 N–H and O–H groups in total. The summed E-state index contributed by atoms with van der Waals surface area (Å²) in [4.78, 5) is 12.8. The van der Waals surface area contributed by atoms with E-state index < -0.39 is 0 Å². The van der Waals surface area contributed by atoms with E-state index in [4.69, 9.17) is 5.73 Å². The number of aryl methyl sites for hydroxylation is 1. The molecule has 0 aliphatic heterocycles. The molecule has 0 amide bonds. The van der Waals surface area contributed by atoms with Crippen LogP contribution in [-0.4, -0.2) is 19.5 Å². The van der Waals surface area contributed by atoms with E-state index >= 15 is 0 Å². The fourth-order valence-corrected chi connectivity index (χ4v) is 2.20. The molecule has 0 atom stereocenters. The minimum atomic E-state index is 0.556. The topological polar surface area (TPSA) is 69.6 Å². The van der Waals surface area contributed by atoms with Crippen molar-refractivity contribution >= 4 is 27.5 Å². The van der Waals surface area contributed by atoms with Crippen molar-refractivity contribution in [3.8, 4) is 11.5 Å². The Kier molecular flexibility index (Phi) is 1.90. The third-order valence-electron chi connectivity index (χ3n) is 2.43. The van der Waals surface area contributed by atoms with Gasteiger partial charge in [0.15, 0.2) is 11.0 Å². The predicted molar refractivity (Wildman–Crippen MR) is 64.0 cm³/mol. The number of pyridine rings is 1. The fraction of sp³-hybridized carbons (Fsp3) is 0.100. The predicted octanol–water partition coefficient (Wildman–Crippen LogP) is 1.67. The lowest BCUT2D eigenvalue weighted by Gasteiger charge is -1.97. The Hall–Kier alpha value is -1.95. The summed E-state index contributed by atoms with van der Waals surface area (Å²) in [7, 11) is 1.95. The van der Waals surface area contributed by atoms with Gasteiger partial charge in [0.1, 0.15) is 5.69 Å². The van der Waals surface area contributed by atoms with Gasteiger partial charge in [0.25, 0.3) is 0 Å². The van der Waals surface area contributed by atoms with Crippen LogP contribution < -0.4 is 5.73 Å². The van der Waals surface area contributed by atoms with Crippen molar-refractivity contribution in [2.24, 2.45) is 7.05 Å². The number of hydrogen-bond donors (Lipinski definition) is 1. The lowest BCUT2D eigenvalue weighted by Crippen LogP contribution is -1.93. The van der Waals surface area contributed by atoms with Gasteiger partial charge in [-0.3, -0.25) is 4.98 Å². The molecule has 5 nitrogen and oxygen atoms in total. The van der Waals surface area contributed by atoms with Crippen LogP contribution in [0.15, 0.2) is 23.8 Å². The van der Waals surface area contributed by atoms with Crippen LogP contribution in [0.1, 0.15) is 0 Å². The lowest BCUT2D eigenvalue weighted by molar-refractivity contribution is 0.950. The molecule has 3 heterocycles. The van der Waals surface area contributed by atoms with Crippen molar-refractivity contribution in [2.45, 2.75) is 0 Å². The average molecular weight is 231 g/mol. The first-order valence-corrected chi connectivity index (χ1v) is 5.61. The van der Waals surface area contributed by atoms with Crippen molar-refractivity contribution in [2.75, 3.05) is 5.73 Å². The van der Waals surface area contributed by atoms with E-state index in [-0.39, 0.29) is 0 Å². The maximum atomic E-state index is 5.62. The highest BCUT2D eigenvalue weighted by molar-refractivity contribution is 7.13. The Labute approximate surface area is 95.6 Å². The van der Waals surface area contributed by atoms with Gasteiger partial charge in [-0.05, 0) is 6.07 Å². The van der Waals surface area contributed by atoms with Crippen molar-refractivity contribution in [1.29, 1.82) is 0 Å². The highest BCUT2D eigenvalue weighted by Crippen LogP contribution is 2.25. The number of anilines is 1. The SMILES string of the molecule is Cn1c(-c2csc(N)n2)nc2ccncc21. The molecule has 3 aromatic rings. The molecule has 0 unspecified atom stereocenters. The molecular formula is C10H9N5S. The molecule has 3 rings (SSSR count). The van der Waals surface area contributed by atoms with Gasteiger partial charge in [-0.2, -0.15) is 0 Å². The van der Waals surface area contributed by atoms with E-state index in [9.17, 15) is 0 Å². The van der Waals surface area contributed by atoms with E-state index in [1.54, 1.807) is 12.4 Å². The Morgan fingerprint density at radius 3 is 2.94 bits per heavy atom. The number of nitrogens with two attached hydrogens (primary N) is 1. The van der Waals surface area contributed by atoms with Crippen molar-refractivity contribution in [3.05, 3.63) is 23.8 Å². The second-order valence-corrected chi connectivity index (χ2v) is 4.32. The summed E-state index contributed by atoms with van der Waals surface area (Å²) in [5.41, 5.74) is 8.33. The smallest absolute Gasteiger partial charge is 0.180 e. The molecule has 0 saturated heterocycles. The molecule has 0 saturated carbocycles. The number of nitrogens with zero attached hydrogens (tertiary/aromatic N) is 4. The zero-order valence-electron chi connectivity index (χ0n) is 8.58. The van der Waals surface area contributed by atoms with Crippen LogP contribution in [0.2, 0.25) is 0 Å². The summed E-state index contributed by atoms with van der Waals surface area (Å²) >= 11 is 1.42. The Bertz CT molecular complexity index is 654. The second-order valence-electron chi connectivity index (χ2n) is 3.43. The fourth-order valence-electron chi connectivity index (χ4n) is 1.65. The Balaban J connectivity index is 2.28. The monoisotopic (exact) mass is 231 g/mol. The van der Waals surface area contributed by atoms with E-state index in [0.717, 1.165) is 22.6 Å². The molecule has 80 valence electrons. The number of thiazole rings is 1. The number of fused-ring (bicyclic) bond motifs is 1. The van der Waals surface area contributed by atoms with Crippen LogP contribution >= 0.6 is 11.3 Å². The minimum absolute atomic E-state index is 0.556. The summed E-state index contributed by atoms with van der Waals surface area (Å²) in [6, 6.07) is 1.88. The van der Waals surface area contributed by atoms with Gasteiger partial charge in [-0.15, -0.1) is 11.3 Å². The van der Waals surface area contributed by atoms with E-state index in [2.05, 4.69) is 15.0 Å². The van der Waals surface area contributed by atoms with Gasteiger partial charge in [0.05, 0.1) is 17.2 Å². The van der Waals surface area contributed by atoms with Crippen molar-refractivity contribution < 1.29 is 0 Å². The zero-order chi connectivity index (χ0) is 11.1. The molecule has 0 aliphatic carbocycles. The van der Waals surface area contributed by atoms with Crippen molar-refractivity contribution in [1.82, 2.24) is 19.5 Å². The van der Waals surface area contributed by atoms with Crippen LogP contribution in [0.5, 0.6) is 0 Å². The molecule has 16 heavy (non-hydrogen) atoms. The minimum Gasteiger partial charge on any atom is -0.375 e.